The summed E-state index contributed by atoms with van der Waals surface area (Å²) < 4.78 is 7.02. The Labute approximate surface area is 159 Å². The molecule has 6 nitrogen and oxygen atoms in total. The van der Waals surface area contributed by atoms with Gasteiger partial charge in [-0.05, 0) is 44.3 Å². The van der Waals surface area contributed by atoms with Crippen LogP contribution in [0.2, 0.25) is 0 Å². The van der Waals surface area contributed by atoms with Gasteiger partial charge < -0.3 is 15.0 Å². The number of benzene rings is 1. The number of likely N-dealkylation sites (N-methyl/N-ethyl adjacent to an activating group) is 1. The third-order valence-electron chi connectivity index (χ3n) is 4.18. The lowest BCUT2D eigenvalue weighted by Crippen LogP contribution is -2.27. The van der Waals surface area contributed by atoms with Crippen LogP contribution >= 0.6 is 11.8 Å². The van der Waals surface area contributed by atoms with Crippen LogP contribution in [0.25, 0.3) is 0 Å². The second kappa shape index (κ2) is 10.2. The molecule has 1 aromatic heterocycles. The van der Waals surface area contributed by atoms with Crippen molar-refractivity contribution in [1.29, 1.82) is 0 Å². The quantitative estimate of drug-likeness (QED) is 0.645. The van der Waals surface area contributed by atoms with Crippen molar-refractivity contribution in [2.75, 3.05) is 32.1 Å². The van der Waals surface area contributed by atoms with Gasteiger partial charge >= 0.3 is 0 Å². The van der Waals surface area contributed by atoms with Crippen molar-refractivity contribution in [3.05, 3.63) is 36.7 Å². The third kappa shape index (κ3) is 6.07. The molecular weight excluding hydrogens is 348 g/mol. The number of thioether (sulfide) groups is 1. The number of carbonyl (C=O) groups excluding carboxylic acids is 1. The van der Waals surface area contributed by atoms with Crippen molar-refractivity contribution in [1.82, 2.24) is 14.7 Å². The topological polar surface area (TPSA) is 59.4 Å². The molecule has 7 heteroatoms. The summed E-state index contributed by atoms with van der Waals surface area (Å²) in [6.45, 7) is 10.0. The molecule has 0 saturated carbocycles. The smallest absolute Gasteiger partial charge is 0.237 e. The second-order valence-electron chi connectivity index (χ2n) is 5.94. The minimum Gasteiger partial charge on any atom is -0.497 e. The van der Waals surface area contributed by atoms with Crippen molar-refractivity contribution in [3.63, 3.8) is 0 Å². The molecule has 1 unspecified atom stereocenters. The predicted molar refractivity (Wildman–Crippen MR) is 107 cm³/mol. The SMILES string of the molecule is CCN(CC)CCn1cc(NC(=O)C(C)Sc2ccc(OC)cc2)cn1. The molecule has 0 bridgehead atoms. The number of nitrogens with zero attached hydrogens (tertiary/aromatic N) is 3. The summed E-state index contributed by atoms with van der Waals surface area (Å²) in [5.41, 5.74) is 0.733. The van der Waals surface area contributed by atoms with Crippen LogP contribution in [0.5, 0.6) is 5.75 Å². The summed E-state index contributed by atoms with van der Waals surface area (Å²) in [4.78, 5) is 15.8. The molecule has 0 aliphatic carbocycles. The van der Waals surface area contributed by atoms with E-state index >= 15 is 0 Å². The fourth-order valence-corrected chi connectivity index (χ4v) is 3.36. The maximum Gasteiger partial charge on any atom is 0.237 e. The van der Waals surface area contributed by atoms with Crippen LogP contribution in [0.15, 0.2) is 41.6 Å². The molecule has 1 N–H and O–H groups in total. The lowest BCUT2D eigenvalue weighted by atomic mass is 10.3. The van der Waals surface area contributed by atoms with Crippen LogP contribution in [-0.2, 0) is 11.3 Å². The fourth-order valence-electron chi connectivity index (χ4n) is 2.49. The fraction of sp³-hybridized carbons (Fsp3) is 0.474. The molecular formula is C19H28N4O2S. The Balaban J connectivity index is 1.84. The van der Waals surface area contributed by atoms with Crippen molar-refractivity contribution < 1.29 is 9.53 Å². The monoisotopic (exact) mass is 376 g/mol. The second-order valence-corrected chi connectivity index (χ2v) is 7.36. The average Bonchev–Trinajstić information content (AvgIpc) is 3.10. The first-order valence-electron chi connectivity index (χ1n) is 8.92. The van der Waals surface area contributed by atoms with Gasteiger partial charge in [-0.25, -0.2) is 0 Å². The highest BCUT2D eigenvalue weighted by molar-refractivity contribution is 8.00. The Hall–Kier alpha value is -1.99. The van der Waals surface area contributed by atoms with Crippen molar-refractivity contribution in [3.8, 4) is 5.75 Å². The third-order valence-corrected chi connectivity index (χ3v) is 5.29. The Morgan fingerprint density at radius 3 is 2.62 bits per heavy atom. The van der Waals surface area contributed by atoms with Gasteiger partial charge in [-0.1, -0.05) is 13.8 Å². The molecule has 1 atom stereocenters. The van der Waals surface area contributed by atoms with E-state index in [1.807, 2.05) is 42.1 Å². The summed E-state index contributed by atoms with van der Waals surface area (Å²) in [7, 11) is 1.64. The Bertz CT molecular complexity index is 683. The zero-order chi connectivity index (χ0) is 18.9. The van der Waals surface area contributed by atoms with E-state index in [0.717, 1.165) is 42.5 Å². The van der Waals surface area contributed by atoms with Crippen LogP contribution in [0.4, 0.5) is 5.69 Å². The molecule has 0 aliphatic heterocycles. The molecule has 0 saturated heterocycles. The Kier molecular flexibility index (Phi) is 8.00. The Morgan fingerprint density at radius 2 is 2.00 bits per heavy atom. The highest BCUT2D eigenvalue weighted by Crippen LogP contribution is 2.26. The van der Waals surface area contributed by atoms with E-state index in [2.05, 4.69) is 29.2 Å². The maximum atomic E-state index is 12.4. The average molecular weight is 377 g/mol. The molecule has 0 spiro atoms. The number of methoxy groups -OCH3 is 1. The van der Waals surface area contributed by atoms with Gasteiger partial charge in [0.05, 0.1) is 30.8 Å². The lowest BCUT2D eigenvalue weighted by Gasteiger charge is -2.17. The molecule has 1 aromatic carbocycles. The molecule has 1 heterocycles. The number of ether oxygens (including phenoxy) is 1. The molecule has 0 aliphatic rings. The van der Waals surface area contributed by atoms with E-state index in [1.54, 1.807) is 13.3 Å². The first-order chi connectivity index (χ1) is 12.5. The van der Waals surface area contributed by atoms with Gasteiger partial charge in [0.2, 0.25) is 5.91 Å². The van der Waals surface area contributed by atoms with E-state index < -0.39 is 0 Å². The maximum absolute atomic E-state index is 12.4. The van der Waals surface area contributed by atoms with E-state index in [9.17, 15) is 4.79 Å². The van der Waals surface area contributed by atoms with E-state index in [4.69, 9.17) is 4.74 Å². The number of hydrogen-bond acceptors (Lipinski definition) is 5. The summed E-state index contributed by atoms with van der Waals surface area (Å²) in [5.74, 6) is 0.776. The van der Waals surface area contributed by atoms with E-state index in [1.165, 1.54) is 11.8 Å². The van der Waals surface area contributed by atoms with Crippen molar-refractivity contribution >= 4 is 23.4 Å². The number of amides is 1. The molecule has 2 aromatic rings. The number of rotatable bonds is 10. The summed E-state index contributed by atoms with van der Waals surface area (Å²) in [6.07, 6.45) is 3.58. The molecule has 26 heavy (non-hydrogen) atoms. The number of nitrogens with one attached hydrogen (secondary N) is 1. The first-order valence-corrected chi connectivity index (χ1v) is 9.80. The zero-order valence-electron chi connectivity index (χ0n) is 15.9. The van der Waals surface area contributed by atoms with Crippen LogP contribution in [-0.4, -0.2) is 52.6 Å². The first kappa shape index (κ1) is 20.3. The summed E-state index contributed by atoms with van der Waals surface area (Å²) in [5, 5.41) is 7.06. The van der Waals surface area contributed by atoms with Gasteiger partial charge in [-0.15, -0.1) is 11.8 Å². The van der Waals surface area contributed by atoms with E-state index in [0.29, 0.717) is 0 Å². The van der Waals surface area contributed by atoms with Crippen LogP contribution in [0.3, 0.4) is 0 Å². The molecule has 142 valence electrons. The molecule has 0 radical (unpaired) electrons. The zero-order valence-corrected chi connectivity index (χ0v) is 16.8. The van der Waals surface area contributed by atoms with Crippen LogP contribution in [0.1, 0.15) is 20.8 Å². The highest BCUT2D eigenvalue weighted by atomic mass is 32.2. The normalized spacial score (nSPS) is 12.2. The van der Waals surface area contributed by atoms with E-state index in [-0.39, 0.29) is 11.2 Å². The lowest BCUT2D eigenvalue weighted by molar-refractivity contribution is -0.115. The minimum atomic E-state index is -0.206. The van der Waals surface area contributed by atoms with Crippen molar-refractivity contribution in [2.45, 2.75) is 37.5 Å². The number of carbonyl (C=O) groups is 1. The number of hydrogen-bond donors (Lipinski definition) is 1. The number of aromatic nitrogens is 2. The minimum absolute atomic E-state index is 0.0332. The van der Waals surface area contributed by atoms with Gasteiger partial charge in [0.1, 0.15) is 5.75 Å². The summed E-state index contributed by atoms with van der Waals surface area (Å²) >= 11 is 1.52. The molecule has 1 amide bonds. The molecule has 2 rings (SSSR count). The van der Waals surface area contributed by atoms with Gasteiger partial charge in [0.15, 0.2) is 0 Å². The van der Waals surface area contributed by atoms with Gasteiger partial charge in [-0.2, -0.15) is 5.10 Å². The standard InChI is InChI=1S/C19H28N4O2S/c1-5-22(6-2)11-12-23-14-16(13-20-23)21-19(24)15(3)26-18-9-7-17(25-4)8-10-18/h7-10,13-15H,5-6,11-12H2,1-4H3,(H,21,24). The van der Waals surface area contributed by atoms with Gasteiger partial charge in [0.25, 0.3) is 0 Å². The van der Waals surface area contributed by atoms with Crippen LogP contribution in [0, 0.1) is 0 Å². The number of anilines is 1. The van der Waals surface area contributed by atoms with Crippen LogP contribution < -0.4 is 10.1 Å². The molecule has 0 fully saturated rings. The summed E-state index contributed by atoms with van der Waals surface area (Å²) in [6, 6.07) is 7.71. The predicted octanol–water partition coefficient (Wildman–Crippen LogP) is 3.35. The van der Waals surface area contributed by atoms with Crippen molar-refractivity contribution in [2.24, 2.45) is 0 Å². The van der Waals surface area contributed by atoms with Gasteiger partial charge in [0, 0.05) is 17.6 Å². The largest absolute Gasteiger partial charge is 0.497 e. The van der Waals surface area contributed by atoms with Gasteiger partial charge in [-0.3, -0.25) is 9.48 Å². The Morgan fingerprint density at radius 1 is 1.31 bits per heavy atom. The highest BCUT2D eigenvalue weighted by Gasteiger charge is 2.15.